The Bertz CT molecular complexity index is 548. The van der Waals surface area contributed by atoms with E-state index in [1.54, 1.807) is 0 Å². The Hall–Kier alpha value is -1.94. The van der Waals surface area contributed by atoms with Gasteiger partial charge in [0.1, 0.15) is 0 Å². The van der Waals surface area contributed by atoms with Gasteiger partial charge in [0, 0.05) is 12.2 Å². The average molecular weight is 240 g/mol. The van der Waals surface area contributed by atoms with Gasteiger partial charge in [0.25, 0.3) is 0 Å². The standard InChI is InChI=1S/C14H16N4/c1-10-2-5-14(18-17-10)16-13-4-3-11-6-7-15-9-12(11)8-13/h2-5,8,15H,6-7,9H2,1H3,(H,16,18). The number of fused-ring (bicyclic) bond motifs is 1. The molecule has 2 N–H and O–H groups in total. The molecule has 1 aliphatic heterocycles. The maximum Gasteiger partial charge on any atom is 0.153 e. The van der Waals surface area contributed by atoms with Crippen LogP contribution in [0.3, 0.4) is 0 Å². The first-order valence-electron chi connectivity index (χ1n) is 6.21. The Kier molecular flexibility index (Phi) is 2.94. The summed E-state index contributed by atoms with van der Waals surface area (Å²) in [6.45, 7) is 3.95. The van der Waals surface area contributed by atoms with Crippen molar-refractivity contribution in [1.29, 1.82) is 0 Å². The van der Waals surface area contributed by atoms with Crippen molar-refractivity contribution < 1.29 is 0 Å². The molecule has 1 aromatic heterocycles. The van der Waals surface area contributed by atoms with Crippen LogP contribution in [-0.2, 0) is 13.0 Å². The minimum atomic E-state index is 0.782. The van der Waals surface area contributed by atoms with Crippen LogP contribution in [0.15, 0.2) is 30.3 Å². The van der Waals surface area contributed by atoms with E-state index >= 15 is 0 Å². The third-order valence-electron chi connectivity index (χ3n) is 3.16. The quantitative estimate of drug-likeness (QED) is 0.844. The van der Waals surface area contributed by atoms with E-state index in [0.717, 1.165) is 36.7 Å². The lowest BCUT2D eigenvalue weighted by atomic mass is 10.0. The molecule has 2 aromatic rings. The Labute approximate surface area is 106 Å². The molecular weight excluding hydrogens is 224 g/mol. The van der Waals surface area contributed by atoms with E-state index in [1.807, 2.05) is 19.1 Å². The summed E-state index contributed by atoms with van der Waals surface area (Å²) in [7, 11) is 0. The highest BCUT2D eigenvalue weighted by Gasteiger charge is 2.08. The molecule has 0 fully saturated rings. The molecule has 4 heteroatoms. The normalized spacial score (nSPS) is 14.1. The molecule has 0 aliphatic carbocycles. The van der Waals surface area contributed by atoms with Gasteiger partial charge < -0.3 is 10.6 Å². The van der Waals surface area contributed by atoms with Crippen molar-refractivity contribution in [2.75, 3.05) is 11.9 Å². The zero-order valence-electron chi connectivity index (χ0n) is 10.4. The number of hydrogen-bond donors (Lipinski definition) is 2. The van der Waals surface area contributed by atoms with Crippen molar-refractivity contribution in [2.45, 2.75) is 19.9 Å². The molecule has 3 rings (SSSR count). The van der Waals surface area contributed by atoms with Crippen LogP contribution in [0.1, 0.15) is 16.8 Å². The summed E-state index contributed by atoms with van der Waals surface area (Å²) < 4.78 is 0. The highest BCUT2D eigenvalue weighted by Crippen LogP contribution is 2.21. The summed E-state index contributed by atoms with van der Waals surface area (Å²) in [5.74, 6) is 0.782. The Morgan fingerprint density at radius 2 is 2.06 bits per heavy atom. The van der Waals surface area contributed by atoms with E-state index in [2.05, 4.69) is 39.0 Å². The summed E-state index contributed by atoms with van der Waals surface area (Å²) in [5, 5.41) is 14.8. The summed E-state index contributed by atoms with van der Waals surface area (Å²) >= 11 is 0. The Morgan fingerprint density at radius 1 is 1.11 bits per heavy atom. The molecular formula is C14H16N4. The van der Waals surface area contributed by atoms with Crippen LogP contribution in [0.5, 0.6) is 0 Å². The highest BCUT2D eigenvalue weighted by molar-refractivity contribution is 5.58. The van der Waals surface area contributed by atoms with Gasteiger partial charge >= 0.3 is 0 Å². The number of rotatable bonds is 2. The Morgan fingerprint density at radius 3 is 2.89 bits per heavy atom. The predicted octanol–water partition coefficient (Wildman–Crippen LogP) is 2.17. The molecule has 0 saturated heterocycles. The molecule has 1 aliphatic rings. The van der Waals surface area contributed by atoms with Gasteiger partial charge in [-0.2, -0.15) is 5.10 Å². The number of nitrogens with one attached hydrogen (secondary N) is 2. The maximum atomic E-state index is 4.11. The van der Waals surface area contributed by atoms with Gasteiger partial charge in [-0.1, -0.05) is 6.07 Å². The molecule has 92 valence electrons. The molecule has 0 saturated carbocycles. The molecule has 0 unspecified atom stereocenters. The molecule has 0 bridgehead atoms. The highest BCUT2D eigenvalue weighted by atomic mass is 15.2. The first-order chi connectivity index (χ1) is 8.81. The van der Waals surface area contributed by atoms with E-state index in [9.17, 15) is 0 Å². The van der Waals surface area contributed by atoms with Crippen molar-refractivity contribution in [3.8, 4) is 0 Å². The van der Waals surface area contributed by atoms with Gasteiger partial charge in [-0.25, -0.2) is 0 Å². The fraction of sp³-hybridized carbons (Fsp3) is 0.286. The van der Waals surface area contributed by atoms with Crippen LogP contribution in [0.25, 0.3) is 0 Å². The van der Waals surface area contributed by atoms with Gasteiger partial charge in [-0.15, -0.1) is 5.10 Å². The third kappa shape index (κ3) is 2.33. The van der Waals surface area contributed by atoms with Crippen molar-refractivity contribution in [3.05, 3.63) is 47.2 Å². The fourth-order valence-corrected chi connectivity index (χ4v) is 2.17. The Balaban J connectivity index is 1.82. The third-order valence-corrected chi connectivity index (χ3v) is 3.16. The fourth-order valence-electron chi connectivity index (χ4n) is 2.17. The van der Waals surface area contributed by atoms with Crippen molar-refractivity contribution in [3.63, 3.8) is 0 Å². The summed E-state index contributed by atoms with van der Waals surface area (Å²) in [5.41, 5.74) is 4.80. The molecule has 0 radical (unpaired) electrons. The van der Waals surface area contributed by atoms with Crippen molar-refractivity contribution in [2.24, 2.45) is 0 Å². The molecule has 1 aromatic carbocycles. The molecule has 0 amide bonds. The molecule has 0 spiro atoms. The molecule has 4 nitrogen and oxygen atoms in total. The van der Waals surface area contributed by atoms with Gasteiger partial charge in [0.2, 0.25) is 0 Å². The largest absolute Gasteiger partial charge is 0.339 e. The lowest BCUT2D eigenvalue weighted by molar-refractivity contribution is 0.644. The zero-order valence-corrected chi connectivity index (χ0v) is 10.4. The minimum absolute atomic E-state index is 0.782. The van der Waals surface area contributed by atoms with E-state index in [4.69, 9.17) is 0 Å². The zero-order chi connectivity index (χ0) is 12.4. The minimum Gasteiger partial charge on any atom is -0.339 e. The second-order valence-electron chi connectivity index (χ2n) is 4.60. The lowest BCUT2D eigenvalue weighted by Gasteiger charge is -2.18. The molecule has 2 heterocycles. The number of hydrogen-bond acceptors (Lipinski definition) is 4. The molecule has 18 heavy (non-hydrogen) atoms. The second-order valence-corrected chi connectivity index (χ2v) is 4.60. The van der Waals surface area contributed by atoms with Gasteiger partial charge in [-0.05, 0) is 55.3 Å². The van der Waals surface area contributed by atoms with Crippen LogP contribution < -0.4 is 10.6 Å². The first kappa shape index (κ1) is 11.2. The van der Waals surface area contributed by atoms with E-state index in [-0.39, 0.29) is 0 Å². The van der Waals surface area contributed by atoms with E-state index < -0.39 is 0 Å². The van der Waals surface area contributed by atoms with E-state index in [0.29, 0.717) is 0 Å². The van der Waals surface area contributed by atoms with Crippen molar-refractivity contribution >= 4 is 11.5 Å². The van der Waals surface area contributed by atoms with Crippen LogP contribution in [-0.4, -0.2) is 16.7 Å². The van der Waals surface area contributed by atoms with Crippen LogP contribution in [0.2, 0.25) is 0 Å². The van der Waals surface area contributed by atoms with Gasteiger partial charge in [-0.3, -0.25) is 0 Å². The van der Waals surface area contributed by atoms with Gasteiger partial charge in [0.05, 0.1) is 5.69 Å². The number of anilines is 2. The summed E-state index contributed by atoms with van der Waals surface area (Å²) in [6.07, 6.45) is 1.11. The van der Waals surface area contributed by atoms with Crippen molar-refractivity contribution in [1.82, 2.24) is 15.5 Å². The molecule has 0 atom stereocenters. The smallest absolute Gasteiger partial charge is 0.153 e. The monoisotopic (exact) mass is 240 g/mol. The van der Waals surface area contributed by atoms with Gasteiger partial charge in [0.15, 0.2) is 5.82 Å². The number of benzene rings is 1. The number of aryl methyl sites for hydroxylation is 1. The number of aromatic nitrogens is 2. The number of nitrogens with zero attached hydrogens (tertiary/aromatic N) is 2. The SMILES string of the molecule is Cc1ccc(Nc2ccc3c(c2)CNCC3)nn1. The maximum absolute atomic E-state index is 4.11. The second kappa shape index (κ2) is 4.74. The average Bonchev–Trinajstić information content (AvgIpc) is 2.41. The van der Waals surface area contributed by atoms with Crippen LogP contribution >= 0.6 is 0 Å². The summed E-state index contributed by atoms with van der Waals surface area (Å²) in [6, 6.07) is 10.4. The van der Waals surface area contributed by atoms with Crippen LogP contribution in [0, 0.1) is 6.92 Å². The lowest BCUT2D eigenvalue weighted by Crippen LogP contribution is -2.23. The first-order valence-corrected chi connectivity index (χ1v) is 6.21. The predicted molar refractivity (Wildman–Crippen MR) is 71.9 cm³/mol. The van der Waals surface area contributed by atoms with Crippen LogP contribution in [0.4, 0.5) is 11.5 Å². The van der Waals surface area contributed by atoms with E-state index in [1.165, 1.54) is 11.1 Å². The summed E-state index contributed by atoms with van der Waals surface area (Å²) in [4.78, 5) is 0. The topological polar surface area (TPSA) is 49.8 Å².